The standard InChI is InChI=1S/C22H28N2O5S/c1-16(2)20-7-3-4-8-21(20)29-15-22(25)24-17-9-11-19(12-10-17)30(26,27)23-14-18-6-5-13-28-18/h3-4,7-12,16,18,23H,5-6,13-15H2,1-2H3,(H,24,25). The SMILES string of the molecule is CC(C)c1ccccc1OCC(=O)Nc1ccc(S(=O)(=O)NCC2CCCO2)cc1. The Kier molecular flexibility index (Phi) is 7.47. The number of hydrogen-bond acceptors (Lipinski definition) is 5. The van der Waals surface area contributed by atoms with Gasteiger partial charge in [0.2, 0.25) is 10.0 Å². The minimum Gasteiger partial charge on any atom is -0.483 e. The van der Waals surface area contributed by atoms with Gasteiger partial charge in [-0.3, -0.25) is 4.79 Å². The van der Waals surface area contributed by atoms with Crippen molar-refractivity contribution >= 4 is 21.6 Å². The van der Waals surface area contributed by atoms with Crippen LogP contribution in [0.25, 0.3) is 0 Å². The molecule has 7 nitrogen and oxygen atoms in total. The van der Waals surface area contributed by atoms with Crippen LogP contribution in [-0.4, -0.2) is 40.2 Å². The fourth-order valence-corrected chi connectivity index (χ4v) is 4.30. The van der Waals surface area contributed by atoms with Crippen LogP contribution in [0.2, 0.25) is 0 Å². The van der Waals surface area contributed by atoms with Gasteiger partial charge in [0.05, 0.1) is 11.0 Å². The molecule has 1 heterocycles. The summed E-state index contributed by atoms with van der Waals surface area (Å²) in [5.41, 5.74) is 1.54. The molecule has 0 saturated carbocycles. The lowest BCUT2D eigenvalue weighted by Crippen LogP contribution is -2.31. The highest BCUT2D eigenvalue weighted by atomic mass is 32.2. The molecule has 2 aromatic carbocycles. The van der Waals surface area contributed by atoms with Gasteiger partial charge in [-0.15, -0.1) is 0 Å². The summed E-state index contributed by atoms with van der Waals surface area (Å²) < 4.78 is 38.5. The number of para-hydroxylation sites is 1. The van der Waals surface area contributed by atoms with E-state index >= 15 is 0 Å². The van der Waals surface area contributed by atoms with E-state index in [1.54, 1.807) is 12.1 Å². The topological polar surface area (TPSA) is 93.7 Å². The Balaban J connectivity index is 1.53. The van der Waals surface area contributed by atoms with Crippen LogP contribution < -0.4 is 14.8 Å². The molecule has 1 atom stereocenters. The third-order valence-corrected chi connectivity index (χ3v) is 6.31. The fraction of sp³-hybridized carbons (Fsp3) is 0.409. The number of amides is 1. The molecule has 162 valence electrons. The van der Waals surface area contributed by atoms with Crippen LogP contribution in [0.3, 0.4) is 0 Å². The van der Waals surface area contributed by atoms with Gasteiger partial charge < -0.3 is 14.8 Å². The smallest absolute Gasteiger partial charge is 0.262 e. The van der Waals surface area contributed by atoms with Crippen LogP contribution in [0.5, 0.6) is 5.75 Å². The van der Waals surface area contributed by atoms with Crippen molar-refractivity contribution in [2.75, 3.05) is 25.1 Å². The molecule has 1 unspecified atom stereocenters. The summed E-state index contributed by atoms with van der Waals surface area (Å²) in [6, 6.07) is 13.7. The Hall–Kier alpha value is -2.42. The zero-order chi connectivity index (χ0) is 21.6. The van der Waals surface area contributed by atoms with Crippen molar-refractivity contribution in [2.24, 2.45) is 0 Å². The Labute approximate surface area is 177 Å². The number of nitrogens with one attached hydrogen (secondary N) is 2. The quantitative estimate of drug-likeness (QED) is 0.634. The maximum absolute atomic E-state index is 12.4. The van der Waals surface area contributed by atoms with E-state index in [1.165, 1.54) is 12.1 Å². The van der Waals surface area contributed by atoms with Crippen LogP contribution in [0, 0.1) is 0 Å². The van der Waals surface area contributed by atoms with E-state index in [0.717, 1.165) is 18.4 Å². The molecule has 2 N–H and O–H groups in total. The normalized spacial score (nSPS) is 16.6. The van der Waals surface area contributed by atoms with Gasteiger partial charge in [0.1, 0.15) is 5.75 Å². The number of benzene rings is 2. The number of carbonyl (C=O) groups excluding carboxylic acids is 1. The van der Waals surface area contributed by atoms with E-state index in [0.29, 0.717) is 18.0 Å². The van der Waals surface area contributed by atoms with Gasteiger partial charge in [-0.1, -0.05) is 32.0 Å². The number of hydrogen-bond donors (Lipinski definition) is 2. The number of carbonyl (C=O) groups is 1. The Morgan fingerprint density at radius 3 is 2.57 bits per heavy atom. The number of ether oxygens (including phenoxy) is 2. The lowest BCUT2D eigenvalue weighted by Gasteiger charge is -2.14. The van der Waals surface area contributed by atoms with Crippen LogP contribution in [-0.2, 0) is 19.6 Å². The lowest BCUT2D eigenvalue weighted by atomic mass is 10.0. The Morgan fingerprint density at radius 1 is 1.17 bits per heavy atom. The summed E-state index contributed by atoms with van der Waals surface area (Å²) in [4.78, 5) is 12.4. The van der Waals surface area contributed by atoms with Gasteiger partial charge >= 0.3 is 0 Å². The molecule has 1 amide bonds. The molecule has 1 aliphatic heterocycles. The molecule has 0 bridgehead atoms. The van der Waals surface area contributed by atoms with E-state index in [-0.39, 0.29) is 36.0 Å². The summed E-state index contributed by atoms with van der Waals surface area (Å²) in [6.07, 6.45) is 1.74. The predicted molar refractivity (Wildman–Crippen MR) is 115 cm³/mol. The molecule has 0 aromatic heterocycles. The Bertz CT molecular complexity index is 952. The highest BCUT2D eigenvalue weighted by Gasteiger charge is 2.20. The molecule has 2 aromatic rings. The van der Waals surface area contributed by atoms with Gasteiger partial charge in [0.25, 0.3) is 5.91 Å². The largest absolute Gasteiger partial charge is 0.483 e. The van der Waals surface area contributed by atoms with Crippen LogP contribution >= 0.6 is 0 Å². The third-order valence-electron chi connectivity index (χ3n) is 4.87. The van der Waals surface area contributed by atoms with Gasteiger partial charge in [-0.05, 0) is 54.7 Å². The van der Waals surface area contributed by atoms with Gasteiger partial charge in [-0.2, -0.15) is 0 Å². The predicted octanol–water partition coefficient (Wildman–Crippen LogP) is 3.28. The third kappa shape index (κ3) is 6.04. The minimum atomic E-state index is -3.62. The molecular formula is C22H28N2O5S. The maximum Gasteiger partial charge on any atom is 0.262 e. The van der Waals surface area contributed by atoms with E-state index < -0.39 is 10.0 Å². The number of anilines is 1. The first kappa shape index (κ1) is 22.3. The maximum atomic E-state index is 12.4. The molecular weight excluding hydrogens is 404 g/mol. The van der Waals surface area contributed by atoms with E-state index in [1.807, 2.05) is 24.3 Å². The summed E-state index contributed by atoms with van der Waals surface area (Å²) in [6.45, 7) is 4.93. The lowest BCUT2D eigenvalue weighted by molar-refractivity contribution is -0.118. The first-order chi connectivity index (χ1) is 14.3. The second-order valence-corrected chi connectivity index (χ2v) is 9.31. The zero-order valence-corrected chi connectivity index (χ0v) is 18.1. The van der Waals surface area contributed by atoms with E-state index in [4.69, 9.17) is 9.47 Å². The molecule has 3 rings (SSSR count). The molecule has 1 saturated heterocycles. The van der Waals surface area contributed by atoms with Crippen molar-refractivity contribution in [1.82, 2.24) is 4.72 Å². The molecule has 0 spiro atoms. The van der Waals surface area contributed by atoms with Crippen molar-refractivity contribution in [3.63, 3.8) is 0 Å². The highest BCUT2D eigenvalue weighted by Crippen LogP contribution is 2.25. The van der Waals surface area contributed by atoms with Crippen LogP contribution in [0.4, 0.5) is 5.69 Å². The first-order valence-electron chi connectivity index (χ1n) is 10.1. The second-order valence-electron chi connectivity index (χ2n) is 7.54. The molecule has 8 heteroatoms. The van der Waals surface area contributed by atoms with Crippen LogP contribution in [0.1, 0.15) is 38.2 Å². The van der Waals surface area contributed by atoms with Crippen molar-refractivity contribution in [1.29, 1.82) is 0 Å². The zero-order valence-electron chi connectivity index (χ0n) is 17.3. The number of rotatable bonds is 9. The summed E-state index contributed by atoms with van der Waals surface area (Å²) in [7, 11) is -3.62. The molecule has 30 heavy (non-hydrogen) atoms. The van der Waals surface area contributed by atoms with Crippen molar-refractivity contribution in [3.8, 4) is 5.75 Å². The molecule has 0 aliphatic carbocycles. The van der Waals surface area contributed by atoms with Crippen molar-refractivity contribution in [2.45, 2.75) is 43.6 Å². The molecule has 1 fully saturated rings. The number of sulfonamides is 1. The molecule has 1 aliphatic rings. The fourth-order valence-electron chi connectivity index (χ4n) is 3.24. The average Bonchev–Trinajstić information content (AvgIpc) is 3.25. The summed E-state index contributed by atoms with van der Waals surface area (Å²) >= 11 is 0. The second kappa shape index (κ2) is 10.1. The highest BCUT2D eigenvalue weighted by molar-refractivity contribution is 7.89. The first-order valence-corrected chi connectivity index (χ1v) is 11.6. The minimum absolute atomic E-state index is 0.0702. The van der Waals surface area contributed by atoms with Crippen molar-refractivity contribution in [3.05, 3.63) is 54.1 Å². The van der Waals surface area contributed by atoms with E-state index in [9.17, 15) is 13.2 Å². The molecule has 0 radical (unpaired) electrons. The summed E-state index contributed by atoms with van der Waals surface area (Å²) in [5.74, 6) is 0.648. The summed E-state index contributed by atoms with van der Waals surface area (Å²) in [5, 5.41) is 2.72. The monoisotopic (exact) mass is 432 g/mol. The van der Waals surface area contributed by atoms with Crippen molar-refractivity contribution < 1.29 is 22.7 Å². The van der Waals surface area contributed by atoms with Crippen LogP contribution in [0.15, 0.2) is 53.4 Å². The van der Waals surface area contributed by atoms with Gasteiger partial charge in [0, 0.05) is 18.8 Å². The van der Waals surface area contributed by atoms with Gasteiger partial charge in [0.15, 0.2) is 6.61 Å². The average molecular weight is 433 g/mol. The van der Waals surface area contributed by atoms with E-state index in [2.05, 4.69) is 23.9 Å². The van der Waals surface area contributed by atoms with Gasteiger partial charge in [-0.25, -0.2) is 13.1 Å². The Morgan fingerprint density at radius 2 is 1.90 bits per heavy atom.